The zero-order valence-corrected chi connectivity index (χ0v) is 11.7. The van der Waals surface area contributed by atoms with Crippen LogP contribution >= 0.6 is 0 Å². The molecule has 11 heteroatoms. The molecule has 0 aliphatic carbocycles. The van der Waals surface area contributed by atoms with Gasteiger partial charge in [0.2, 0.25) is 0 Å². The third kappa shape index (κ3) is 4.69. The number of rotatable bonds is 3. The fraction of sp³-hybridized carbons (Fsp3) is 1.00. The summed E-state index contributed by atoms with van der Waals surface area (Å²) in [5.74, 6) is 0. The molecule has 5 atom stereocenters. The zero-order chi connectivity index (χ0) is 12.5. The van der Waals surface area contributed by atoms with Gasteiger partial charge < -0.3 is 29.7 Å². The van der Waals surface area contributed by atoms with E-state index in [4.69, 9.17) is 5.11 Å². The van der Waals surface area contributed by atoms with Gasteiger partial charge in [0.15, 0.2) is 16.6 Å². The molecular formula is C6H12NNaO8S. The first kappa shape index (κ1) is 17.7. The minimum Gasteiger partial charge on any atom is -0.735 e. The van der Waals surface area contributed by atoms with Gasteiger partial charge in [0, 0.05) is 0 Å². The molecule has 1 unspecified atom stereocenters. The normalized spacial score (nSPS) is 38.5. The molecule has 0 spiro atoms. The van der Waals surface area contributed by atoms with Gasteiger partial charge in [0.25, 0.3) is 0 Å². The summed E-state index contributed by atoms with van der Waals surface area (Å²) in [4.78, 5) is 0. The summed E-state index contributed by atoms with van der Waals surface area (Å²) < 4.78 is 37.1. The minimum atomic E-state index is -4.91. The van der Waals surface area contributed by atoms with Gasteiger partial charge in [-0.3, -0.25) is 0 Å². The predicted molar refractivity (Wildman–Crippen MR) is 46.6 cm³/mol. The SMILES string of the molecule is O=S(=O)([O-])N[C@H]1C(O)O[C@H](CO)[C@@H](O)[C@@H]1O.[Na+]. The first-order valence-electron chi connectivity index (χ1n) is 4.30. The molecule has 1 rings (SSSR count). The Morgan fingerprint density at radius 3 is 2.18 bits per heavy atom. The number of aliphatic hydroxyl groups is 4. The zero-order valence-electron chi connectivity index (χ0n) is 8.92. The second-order valence-electron chi connectivity index (χ2n) is 3.33. The van der Waals surface area contributed by atoms with E-state index in [-0.39, 0.29) is 29.6 Å². The Hall–Kier alpha value is 0.670. The molecule has 1 fully saturated rings. The molecule has 0 radical (unpaired) electrons. The Kier molecular flexibility index (Phi) is 6.99. The van der Waals surface area contributed by atoms with E-state index in [1.165, 1.54) is 4.72 Å². The van der Waals surface area contributed by atoms with Gasteiger partial charge in [-0.25, -0.2) is 13.1 Å². The summed E-state index contributed by atoms with van der Waals surface area (Å²) in [5.41, 5.74) is 0. The van der Waals surface area contributed by atoms with Gasteiger partial charge in [0.05, 0.1) is 12.6 Å². The summed E-state index contributed by atoms with van der Waals surface area (Å²) in [7, 11) is -4.91. The molecule has 5 N–H and O–H groups in total. The van der Waals surface area contributed by atoms with E-state index >= 15 is 0 Å². The summed E-state index contributed by atoms with van der Waals surface area (Å²) in [5, 5.41) is 36.7. The molecule has 0 aromatic rings. The average molecular weight is 281 g/mol. The maximum absolute atomic E-state index is 10.4. The molecule has 0 amide bonds. The van der Waals surface area contributed by atoms with Crippen LogP contribution < -0.4 is 34.3 Å². The molecule has 1 aliphatic heterocycles. The molecule has 96 valence electrons. The monoisotopic (exact) mass is 281 g/mol. The standard InChI is InChI=1S/C6H13NO8S.Na/c8-1-2-4(9)5(10)3(6(11)15-2)7-16(12,13)14;/h2-11H,1H2,(H,12,13,14);/q;+1/p-1/t2-,3-,4-,5-,6?;/m1./s1. The van der Waals surface area contributed by atoms with Crippen LogP contribution in [-0.2, 0) is 15.0 Å². The molecule has 1 heterocycles. The minimum absolute atomic E-state index is 0. The Morgan fingerprint density at radius 1 is 1.24 bits per heavy atom. The molecule has 0 aromatic carbocycles. The van der Waals surface area contributed by atoms with E-state index in [1.807, 2.05) is 0 Å². The van der Waals surface area contributed by atoms with Crippen molar-refractivity contribution in [2.24, 2.45) is 0 Å². The largest absolute Gasteiger partial charge is 1.00 e. The third-order valence-electron chi connectivity index (χ3n) is 2.18. The van der Waals surface area contributed by atoms with E-state index < -0.39 is 47.6 Å². The molecular weight excluding hydrogens is 269 g/mol. The quantitative estimate of drug-likeness (QED) is 0.252. The second-order valence-corrected chi connectivity index (χ2v) is 4.47. The van der Waals surface area contributed by atoms with E-state index in [0.29, 0.717) is 0 Å². The fourth-order valence-corrected chi connectivity index (χ4v) is 1.98. The smallest absolute Gasteiger partial charge is 0.735 e. The number of hydrogen-bond donors (Lipinski definition) is 5. The maximum atomic E-state index is 10.4. The summed E-state index contributed by atoms with van der Waals surface area (Å²) in [6.07, 6.45) is -6.46. The number of ether oxygens (including phenoxy) is 1. The molecule has 0 saturated carbocycles. The topological polar surface area (TPSA) is 159 Å². The first-order chi connectivity index (χ1) is 7.26. The molecule has 1 aliphatic rings. The number of hydrogen-bond acceptors (Lipinski definition) is 8. The molecule has 17 heavy (non-hydrogen) atoms. The van der Waals surface area contributed by atoms with Crippen LogP contribution in [0.15, 0.2) is 0 Å². The van der Waals surface area contributed by atoms with Crippen LogP contribution in [0.3, 0.4) is 0 Å². The van der Waals surface area contributed by atoms with E-state index in [2.05, 4.69) is 4.74 Å². The van der Waals surface area contributed by atoms with Crippen LogP contribution in [0.2, 0.25) is 0 Å². The maximum Gasteiger partial charge on any atom is 1.00 e. The van der Waals surface area contributed by atoms with Crippen LogP contribution in [0, 0.1) is 0 Å². The van der Waals surface area contributed by atoms with Gasteiger partial charge in [-0.2, -0.15) is 0 Å². The van der Waals surface area contributed by atoms with Crippen molar-refractivity contribution in [3.05, 3.63) is 0 Å². The van der Waals surface area contributed by atoms with E-state index in [1.54, 1.807) is 0 Å². The van der Waals surface area contributed by atoms with Gasteiger partial charge in [-0.15, -0.1) is 0 Å². The van der Waals surface area contributed by atoms with Crippen molar-refractivity contribution in [2.45, 2.75) is 30.6 Å². The predicted octanol–water partition coefficient (Wildman–Crippen LogP) is -7.16. The van der Waals surface area contributed by atoms with Crippen LogP contribution in [0.25, 0.3) is 0 Å². The van der Waals surface area contributed by atoms with Crippen molar-refractivity contribution >= 4 is 10.3 Å². The summed E-state index contributed by atoms with van der Waals surface area (Å²) in [6, 6.07) is -1.68. The summed E-state index contributed by atoms with van der Waals surface area (Å²) in [6.45, 7) is -0.674. The average Bonchev–Trinajstić information content (AvgIpc) is 2.17. The van der Waals surface area contributed by atoms with Crippen molar-refractivity contribution in [1.29, 1.82) is 0 Å². The van der Waals surface area contributed by atoms with Gasteiger partial charge in [0.1, 0.15) is 18.3 Å². The molecule has 0 bridgehead atoms. The Balaban J connectivity index is 0.00000256. The van der Waals surface area contributed by atoms with Crippen molar-refractivity contribution in [1.82, 2.24) is 4.72 Å². The number of aliphatic hydroxyl groups excluding tert-OH is 4. The van der Waals surface area contributed by atoms with Gasteiger partial charge >= 0.3 is 29.6 Å². The van der Waals surface area contributed by atoms with Crippen LogP contribution in [0.4, 0.5) is 0 Å². The fourth-order valence-electron chi connectivity index (χ4n) is 1.39. The van der Waals surface area contributed by atoms with Crippen molar-refractivity contribution in [3.63, 3.8) is 0 Å². The van der Waals surface area contributed by atoms with E-state index in [0.717, 1.165) is 0 Å². The van der Waals surface area contributed by atoms with Crippen LogP contribution in [0.5, 0.6) is 0 Å². The van der Waals surface area contributed by atoms with Crippen molar-refractivity contribution in [3.8, 4) is 0 Å². The first-order valence-corrected chi connectivity index (χ1v) is 5.70. The number of nitrogens with one attached hydrogen (secondary N) is 1. The second kappa shape index (κ2) is 6.73. The third-order valence-corrected chi connectivity index (χ3v) is 2.74. The van der Waals surface area contributed by atoms with Crippen LogP contribution in [0.1, 0.15) is 0 Å². The van der Waals surface area contributed by atoms with Crippen LogP contribution in [-0.4, -0.2) is 70.6 Å². The molecule has 9 nitrogen and oxygen atoms in total. The Bertz CT molecular complexity index is 337. The van der Waals surface area contributed by atoms with E-state index in [9.17, 15) is 28.3 Å². The van der Waals surface area contributed by atoms with Gasteiger partial charge in [-0.05, 0) is 0 Å². The van der Waals surface area contributed by atoms with Crippen molar-refractivity contribution in [2.75, 3.05) is 6.61 Å². The van der Waals surface area contributed by atoms with Gasteiger partial charge in [-0.1, -0.05) is 0 Å². The van der Waals surface area contributed by atoms with Crippen molar-refractivity contribution < 1.29 is 67.7 Å². The molecule has 1 saturated heterocycles. The Morgan fingerprint density at radius 2 is 1.76 bits per heavy atom. The Labute approximate surface area is 120 Å². The summed E-state index contributed by atoms with van der Waals surface area (Å²) >= 11 is 0. The molecule has 0 aromatic heterocycles.